The van der Waals surface area contributed by atoms with Crippen LogP contribution in [0.3, 0.4) is 0 Å². The summed E-state index contributed by atoms with van der Waals surface area (Å²) in [6.45, 7) is 4.66. The molecule has 3 N–H and O–H groups in total. The predicted octanol–water partition coefficient (Wildman–Crippen LogP) is -0.0352. The van der Waals surface area contributed by atoms with Gasteiger partial charge < -0.3 is 16.0 Å². The molecule has 2 aromatic rings. The monoisotopic (exact) mass is 330 g/mol. The van der Waals surface area contributed by atoms with Crippen LogP contribution >= 0.6 is 0 Å². The summed E-state index contributed by atoms with van der Waals surface area (Å²) in [7, 11) is 0. The average molecular weight is 330 g/mol. The number of piperidine rings is 1. The Hall–Kier alpha value is -2.48. The fourth-order valence-electron chi connectivity index (χ4n) is 3.13. The fraction of sp³-hybridized carbons (Fsp3) is 0.500. The van der Waals surface area contributed by atoms with Crippen molar-refractivity contribution < 1.29 is 9.59 Å². The number of rotatable bonds is 5. The Kier molecular flexibility index (Phi) is 4.75. The quantitative estimate of drug-likeness (QED) is 0.800. The van der Waals surface area contributed by atoms with Crippen LogP contribution < -0.4 is 11.1 Å². The van der Waals surface area contributed by atoms with Crippen molar-refractivity contribution in [2.45, 2.75) is 19.8 Å². The number of nitrogens with zero attached hydrogens (tertiary/aromatic N) is 4. The third-order valence-electron chi connectivity index (χ3n) is 4.52. The highest BCUT2D eigenvalue weighted by Crippen LogP contribution is 2.15. The molecule has 1 atom stereocenters. The number of hydrogen-bond acceptors (Lipinski definition) is 5. The molecular weight excluding hydrogens is 308 g/mol. The maximum Gasteiger partial charge on any atom is 0.254 e. The van der Waals surface area contributed by atoms with Gasteiger partial charge in [-0.3, -0.25) is 9.59 Å². The second-order valence-electron chi connectivity index (χ2n) is 6.16. The lowest BCUT2D eigenvalue weighted by atomic mass is 9.97. The first-order chi connectivity index (χ1) is 11.6. The van der Waals surface area contributed by atoms with Gasteiger partial charge in [0.2, 0.25) is 5.91 Å². The van der Waals surface area contributed by atoms with Gasteiger partial charge in [-0.2, -0.15) is 5.10 Å². The molecule has 2 aromatic heterocycles. The predicted molar refractivity (Wildman–Crippen MR) is 88.4 cm³/mol. The molecule has 1 aliphatic heterocycles. The number of fused-ring (bicyclic) bond motifs is 1. The molecule has 2 amide bonds. The van der Waals surface area contributed by atoms with Gasteiger partial charge in [0.1, 0.15) is 0 Å². The van der Waals surface area contributed by atoms with Crippen LogP contribution in [0.1, 0.15) is 28.9 Å². The average Bonchev–Trinajstić information content (AvgIpc) is 3.05. The highest BCUT2D eigenvalue weighted by Gasteiger charge is 2.23. The lowest BCUT2D eigenvalue weighted by Gasteiger charge is -2.31. The van der Waals surface area contributed by atoms with Gasteiger partial charge in [0.25, 0.3) is 5.91 Å². The standard InChI is InChI=1S/C16H22N6O2/c1-11-13(9-19-14-4-5-20-22(11)14)16(24)18-6-8-21-7-2-3-12(10-21)15(17)23/h4-5,9,12H,2-3,6-8,10H2,1H3,(H2,17,23)(H,18,24)/t12-/m1/s1. The van der Waals surface area contributed by atoms with E-state index in [2.05, 4.69) is 20.3 Å². The van der Waals surface area contributed by atoms with E-state index in [0.29, 0.717) is 25.2 Å². The zero-order chi connectivity index (χ0) is 17.1. The molecule has 0 bridgehead atoms. The van der Waals surface area contributed by atoms with Gasteiger partial charge in [-0.1, -0.05) is 0 Å². The largest absolute Gasteiger partial charge is 0.369 e. The summed E-state index contributed by atoms with van der Waals surface area (Å²) < 4.78 is 1.65. The Morgan fingerprint density at radius 2 is 2.29 bits per heavy atom. The van der Waals surface area contributed by atoms with Crippen molar-refractivity contribution in [2.75, 3.05) is 26.2 Å². The molecule has 3 heterocycles. The van der Waals surface area contributed by atoms with E-state index < -0.39 is 0 Å². The number of carbonyl (C=O) groups excluding carboxylic acids is 2. The summed E-state index contributed by atoms with van der Waals surface area (Å²) in [5, 5.41) is 7.07. The van der Waals surface area contributed by atoms with Crippen LogP contribution in [0, 0.1) is 12.8 Å². The smallest absolute Gasteiger partial charge is 0.254 e. The van der Waals surface area contributed by atoms with E-state index in [1.165, 1.54) is 0 Å². The first-order valence-corrected chi connectivity index (χ1v) is 8.15. The van der Waals surface area contributed by atoms with E-state index in [4.69, 9.17) is 5.73 Å². The van der Waals surface area contributed by atoms with E-state index in [-0.39, 0.29) is 17.7 Å². The number of likely N-dealkylation sites (tertiary alicyclic amines) is 1. The summed E-state index contributed by atoms with van der Waals surface area (Å²) >= 11 is 0. The Morgan fingerprint density at radius 3 is 3.08 bits per heavy atom. The Balaban J connectivity index is 1.55. The van der Waals surface area contributed by atoms with E-state index >= 15 is 0 Å². The van der Waals surface area contributed by atoms with E-state index in [9.17, 15) is 9.59 Å². The Bertz CT molecular complexity index is 756. The number of aromatic nitrogens is 3. The Labute approximate surface area is 140 Å². The van der Waals surface area contributed by atoms with Gasteiger partial charge >= 0.3 is 0 Å². The van der Waals surface area contributed by atoms with Crippen molar-refractivity contribution in [2.24, 2.45) is 11.7 Å². The second kappa shape index (κ2) is 6.96. The number of primary amides is 1. The molecule has 24 heavy (non-hydrogen) atoms. The maximum absolute atomic E-state index is 12.4. The van der Waals surface area contributed by atoms with Gasteiger partial charge in [0, 0.05) is 31.9 Å². The number of amides is 2. The van der Waals surface area contributed by atoms with E-state index in [1.54, 1.807) is 23.0 Å². The Morgan fingerprint density at radius 1 is 1.46 bits per heavy atom. The number of carbonyl (C=O) groups is 2. The molecule has 1 aliphatic rings. The summed E-state index contributed by atoms with van der Waals surface area (Å²) in [6.07, 6.45) is 5.04. The van der Waals surface area contributed by atoms with Crippen molar-refractivity contribution in [3.8, 4) is 0 Å². The van der Waals surface area contributed by atoms with E-state index in [0.717, 1.165) is 30.7 Å². The normalized spacial score (nSPS) is 18.6. The summed E-state index contributed by atoms with van der Waals surface area (Å²) in [4.78, 5) is 30.1. The molecule has 0 saturated carbocycles. The molecule has 0 unspecified atom stereocenters. The lowest BCUT2D eigenvalue weighted by molar-refractivity contribution is -0.123. The minimum absolute atomic E-state index is 0.0804. The van der Waals surface area contributed by atoms with Crippen molar-refractivity contribution in [1.29, 1.82) is 0 Å². The van der Waals surface area contributed by atoms with Crippen LogP contribution in [-0.2, 0) is 4.79 Å². The highest BCUT2D eigenvalue weighted by atomic mass is 16.2. The number of nitrogens with one attached hydrogen (secondary N) is 1. The van der Waals surface area contributed by atoms with Gasteiger partial charge in [-0.15, -0.1) is 0 Å². The minimum Gasteiger partial charge on any atom is -0.369 e. The lowest BCUT2D eigenvalue weighted by Crippen LogP contribution is -2.44. The van der Waals surface area contributed by atoms with Crippen LogP contribution in [0.2, 0.25) is 0 Å². The zero-order valence-electron chi connectivity index (χ0n) is 13.7. The first-order valence-electron chi connectivity index (χ1n) is 8.15. The summed E-state index contributed by atoms with van der Waals surface area (Å²) in [5.41, 5.74) is 7.37. The molecule has 8 heteroatoms. The first kappa shape index (κ1) is 16.4. The fourth-order valence-corrected chi connectivity index (χ4v) is 3.13. The van der Waals surface area contributed by atoms with Crippen LogP contribution in [-0.4, -0.2) is 57.5 Å². The molecule has 3 rings (SSSR count). The van der Waals surface area contributed by atoms with Crippen molar-refractivity contribution in [1.82, 2.24) is 24.8 Å². The minimum atomic E-state index is -0.238. The molecule has 1 saturated heterocycles. The third-order valence-corrected chi connectivity index (χ3v) is 4.52. The van der Waals surface area contributed by atoms with Crippen molar-refractivity contribution >= 4 is 17.5 Å². The van der Waals surface area contributed by atoms with Gasteiger partial charge in [0.05, 0.1) is 23.4 Å². The number of hydrogen-bond donors (Lipinski definition) is 2. The third kappa shape index (κ3) is 3.38. The molecule has 1 fully saturated rings. The second-order valence-corrected chi connectivity index (χ2v) is 6.16. The molecule has 0 aromatic carbocycles. The van der Waals surface area contributed by atoms with Gasteiger partial charge in [-0.05, 0) is 26.3 Å². The van der Waals surface area contributed by atoms with Crippen LogP contribution in [0.5, 0.6) is 0 Å². The summed E-state index contributed by atoms with van der Waals surface area (Å²) in [5.74, 6) is -0.484. The molecule has 8 nitrogen and oxygen atoms in total. The number of aryl methyl sites for hydroxylation is 1. The van der Waals surface area contributed by atoms with Crippen molar-refractivity contribution in [3.05, 3.63) is 29.7 Å². The topological polar surface area (TPSA) is 106 Å². The molecule has 128 valence electrons. The van der Waals surface area contributed by atoms with Gasteiger partial charge in [0.15, 0.2) is 5.65 Å². The number of nitrogens with two attached hydrogens (primary N) is 1. The molecule has 0 aliphatic carbocycles. The molecule has 0 spiro atoms. The van der Waals surface area contributed by atoms with Crippen LogP contribution in [0.25, 0.3) is 5.65 Å². The van der Waals surface area contributed by atoms with E-state index in [1.807, 2.05) is 6.92 Å². The SMILES string of the molecule is Cc1c(C(=O)NCCN2CCC[C@@H](C(N)=O)C2)cnc2ccnn12. The van der Waals surface area contributed by atoms with Crippen LogP contribution in [0.4, 0.5) is 0 Å². The maximum atomic E-state index is 12.4. The summed E-state index contributed by atoms with van der Waals surface area (Å²) in [6, 6.07) is 1.79. The van der Waals surface area contributed by atoms with Gasteiger partial charge in [-0.25, -0.2) is 9.50 Å². The molecule has 0 radical (unpaired) electrons. The van der Waals surface area contributed by atoms with Crippen LogP contribution in [0.15, 0.2) is 18.5 Å². The zero-order valence-corrected chi connectivity index (χ0v) is 13.7. The molecular formula is C16H22N6O2. The van der Waals surface area contributed by atoms with Crippen molar-refractivity contribution in [3.63, 3.8) is 0 Å². The highest BCUT2D eigenvalue weighted by molar-refractivity contribution is 5.95.